The maximum Gasteiger partial charge on any atom is 0.0587 e. The molecule has 1 heterocycles. The van der Waals surface area contributed by atoms with E-state index in [2.05, 4.69) is 48.4 Å². The van der Waals surface area contributed by atoms with E-state index in [0.29, 0.717) is 12.0 Å². The number of fused-ring (bicyclic) bond motifs is 1. The van der Waals surface area contributed by atoms with E-state index in [-0.39, 0.29) is 0 Å². The van der Waals surface area contributed by atoms with Gasteiger partial charge in [-0.05, 0) is 29.9 Å². The molecule has 0 aliphatic rings. The molecule has 0 saturated carbocycles. The molecule has 1 aromatic heterocycles. The second-order valence-corrected chi connectivity index (χ2v) is 4.97. The summed E-state index contributed by atoms with van der Waals surface area (Å²) in [5, 5.41) is 6.01. The lowest BCUT2D eigenvalue weighted by Gasteiger charge is -2.23. The molecular formula is C16H22N2O. The fourth-order valence-corrected chi connectivity index (χ4v) is 2.38. The summed E-state index contributed by atoms with van der Waals surface area (Å²) < 4.78 is 5.08. The Hall–Kier alpha value is -1.45. The van der Waals surface area contributed by atoms with Crippen molar-refractivity contribution < 1.29 is 4.74 Å². The Labute approximate surface area is 115 Å². The first-order valence-corrected chi connectivity index (χ1v) is 6.79. The van der Waals surface area contributed by atoms with Crippen molar-refractivity contribution in [1.29, 1.82) is 0 Å². The lowest BCUT2D eigenvalue weighted by molar-refractivity contribution is 0.195. The Bertz CT molecular complexity index is 522. The largest absolute Gasteiger partial charge is 0.383 e. The Balaban J connectivity index is 2.18. The number of hydrogen-bond donors (Lipinski definition) is 1. The summed E-state index contributed by atoms with van der Waals surface area (Å²) in [5.74, 6) is 0.447. The van der Waals surface area contributed by atoms with Crippen molar-refractivity contribution in [2.45, 2.75) is 25.8 Å². The Kier molecular flexibility index (Phi) is 4.88. The van der Waals surface area contributed by atoms with Crippen molar-refractivity contribution in [3.05, 3.63) is 42.2 Å². The van der Waals surface area contributed by atoms with E-state index in [1.165, 1.54) is 16.3 Å². The maximum atomic E-state index is 5.08. The van der Waals surface area contributed by atoms with E-state index in [9.17, 15) is 0 Å². The molecule has 0 aliphatic heterocycles. The number of pyridine rings is 1. The molecule has 2 rings (SSSR count). The molecule has 0 amide bonds. The maximum absolute atomic E-state index is 5.08. The van der Waals surface area contributed by atoms with E-state index < -0.39 is 0 Å². The summed E-state index contributed by atoms with van der Waals surface area (Å²) in [7, 11) is 1.73. The molecule has 1 aromatic carbocycles. The van der Waals surface area contributed by atoms with E-state index in [4.69, 9.17) is 4.74 Å². The molecule has 0 spiro atoms. The zero-order valence-corrected chi connectivity index (χ0v) is 11.9. The van der Waals surface area contributed by atoms with Gasteiger partial charge < -0.3 is 10.1 Å². The predicted octanol–water partition coefficient (Wildman–Crippen LogP) is 2.96. The number of nitrogens with one attached hydrogen (secondary N) is 1. The molecule has 19 heavy (non-hydrogen) atoms. The molecule has 2 unspecified atom stereocenters. The summed E-state index contributed by atoms with van der Waals surface area (Å²) in [6.07, 6.45) is 3.79. The second kappa shape index (κ2) is 6.64. The van der Waals surface area contributed by atoms with Crippen LogP contribution in [0.3, 0.4) is 0 Å². The average Bonchev–Trinajstić information content (AvgIpc) is 2.46. The highest BCUT2D eigenvalue weighted by Crippen LogP contribution is 2.27. The molecule has 3 heteroatoms. The highest BCUT2D eigenvalue weighted by Gasteiger charge is 2.15. The van der Waals surface area contributed by atoms with Gasteiger partial charge >= 0.3 is 0 Å². The molecule has 0 bridgehead atoms. The van der Waals surface area contributed by atoms with Gasteiger partial charge in [0.05, 0.1) is 6.61 Å². The number of hydrogen-bond acceptors (Lipinski definition) is 3. The van der Waals surface area contributed by atoms with Crippen molar-refractivity contribution in [2.75, 3.05) is 20.3 Å². The molecule has 102 valence electrons. The molecule has 0 radical (unpaired) electrons. The van der Waals surface area contributed by atoms with E-state index >= 15 is 0 Å². The van der Waals surface area contributed by atoms with Crippen molar-refractivity contribution in [3.8, 4) is 0 Å². The Morgan fingerprint density at radius 1 is 1.26 bits per heavy atom. The molecule has 0 fully saturated rings. The van der Waals surface area contributed by atoms with Gasteiger partial charge in [-0.2, -0.15) is 0 Å². The Morgan fingerprint density at radius 3 is 2.89 bits per heavy atom. The third-order valence-corrected chi connectivity index (χ3v) is 3.73. The lowest BCUT2D eigenvalue weighted by Crippen LogP contribution is -2.33. The van der Waals surface area contributed by atoms with Gasteiger partial charge in [-0.25, -0.2) is 0 Å². The van der Waals surface area contributed by atoms with Crippen LogP contribution < -0.4 is 5.32 Å². The van der Waals surface area contributed by atoms with Crippen LogP contribution in [-0.4, -0.2) is 31.3 Å². The van der Waals surface area contributed by atoms with Crippen LogP contribution >= 0.6 is 0 Å². The van der Waals surface area contributed by atoms with Crippen LogP contribution in [0.5, 0.6) is 0 Å². The van der Waals surface area contributed by atoms with Gasteiger partial charge in [-0.1, -0.05) is 25.1 Å². The minimum absolute atomic E-state index is 0.411. The molecule has 2 atom stereocenters. The van der Waals surface area contributed by atoms with Crippen molar-refractivity contribution in [3.63, 3.8) is 0 Å². The second-order valence-electron chi connectivity index (χ2n) is 4.97. The highest BCUT2D eigenvalue weighted by atomic mass is 16.5. The number of aromatic nitrogens is 1. The zero-order chi connectivity index (χ0) is 13.7. The van der Waals surface area contributed by atoms with Gasteiger partial charge in [0.25, 0.3) is 0 Å². The summed E-state index contributed by atoms with van der Waals surface area (Å²) in [6, 6.07) is 8.94. The molecule has 0 saturated heterocycles. The standard InChI is InChI=1S/C16H22N2O/c1-12(13(2)18-9-10-19-3)15-6-4-5-14-11-17-8-7-16(14)15/h4-8,11-13,18H,9-10H2,1-3H3. The van der Waals surface area contributed by atoms with Gasteiger partial charge in [0, 0.05) is 37.5 Å². The first-order valence-electron chi connectivity index (χ1n) is 6.79. The van der Waals surface area contributed by atoms with E-state index in [0.717, 1.165) is 13.2 Å². The quantitative estimate of drug-likeness (QED) is 0.809. The number of nitrogens with zero attached hydrogens (tertiary/aromatic N) is 1. The minimum Gasteiger partial charge on any atom is -0.383 e. The van der Waals surface area contributed by atoms with Gasteiger partial charge in [0.1, 0.15) is 0 Å². The molecular weight excluding hydrogens is 236 g/mol. The predicted molar refractivity (Wildman–Crippen MR) is 79.5 cm³/mol. The van der Waals surface area contributed by atoms with Crippen LogP contribution in [0.15, 0.2) is 36.7 Å². The fraction of sp³-hybridized carbons (Fsp3) is 0.438. The minimum atomic E-state index is 0.411. The summed E-state index contributed by atoms with van der Waals surface area (Å²) in [4.78, 5) is 4.19. The lowest BCUT2D eigenvalue weighted by atomic mass is 9.90. The third-order valence-electron chi connectivity index (χ3n) is 3.73. The summed E-state index contributed by atoms with van der Waals surface area (Å²) in [6.45, 7) is 6.12. The summed E-state index contributed by atoms with van der Waals surface area (Å²) in [5.41, 5.74) is 1.37. The van der Waals surface area contributed by atoms with Crippen LogP contribution in [0.1, 0.15) is 25.3 Å². The topological polar surface area (TPSA) is 34.1 Å². The van der Waals surface area contributed by atoms with Gasteiger partial charge in [-0.15, -0.1) is 0 Å². The first-order chi connectivity index (χ1) is 9.24. The first kappa shape index (κ1) is 14.0. The van der Waals surface area contributed by atoms with E-state index in [1.807, 2.05) is 12.4 Å². The number of methoxy groups -OCH3 is 1. The van der Waals surface area contributed by atoms with Gasteiger partial charge in [-0.3, -0.25) is 4.98 Å². The van der Waals surface area contributed by atoms with Crippen LogP contribution in [0.25, 0.3) is 10.8 Å². The third kappa shape index (κ3) is 3.31. The molecule has 2 aromatic rings. The normalized spacial score (nSPS) is 14.5. The number of ether oxygens (including phenoxy) is 1. The van der Waals surface area contributed by atoms with Gasteiger partial charge in [0.2, 0.25) is 0 Å². The van der Waals surface area contributed by atoms with Crippen molar-refractivity contribution in [1.82, 2.24) is 10.3 Å². The fourth-order valence-electron chi connectivity index (χ4n) is 2.38. The number of benzene rings is 1. The van der Waals surface area contributed by atoms with Crippen LogP contribution in [-0.2, 0) is 4.74 Å². The number of rotatable bonds is 6. The van der Waals surface area contributed by atoms with Crippen LogP contribution in [0.4, 0.5) is 0 Å². The highest BCUT2D eigenvalue weighted by molar-refractivity contribution is 5.85. The SMILES string of the molecule is COCCNC(C)C(C)c1cccc2cnccc12. The molecule has 0 aliphatic carbocycles. The van der Waals surface area contributed by atoms with Crippen molar-refractivity contribution in [2.24, 2.45) is 0 Å². The monoisotopic (exact) mass is 258 g/mol. The Morgan fingerprint density at radius 2 is 2.11 bits per heavy atom. The molecule has 1 N–H and O–H groups in total. The van der Waals surface area contributed by atoms with Crippen LogP contribution in [0.2, 0.25) is 0 Å². The van der Waals surface area contributed by atoms with Crippen molar-refractivity contribution >= 4 is 10.8 Å². The summed E-state index contributed by atoms with van der Waals surface area (Å²) >= 11 is 0. The van der Waals surface area contributed by atoms with Gasteiger partial charge in [0.15, 0.2) is 0 Å². The van der Waals surface area contributed by atoms with Crippen LogP contribution in [0, 0.1) is 0 Å². The van der Waals surface area contributed by atoms with E-state index in [1.54, 1.807) is 7.11 Å². The zero-order valence-electron chi connectivity index (χ0n) is 11.9. The average molecular weight is 258 g/mol. The molecule has 3 nitrogen and oxygen atoms in total. The smallest absolute Gasteiger partial charge is 0.0587 e.